The zero-order valence-corrected chi connectivity index (χ0v) is 20.2. The van der Waals surface area contributed by atoms with Crippen LogP contribution in [0.1, 0.15) is 33.6 Å². The summed E-state index contributed by atoms with van der Waals surface area (Å²) in [5.74, 6) is -0.277. The van der Waals surface area contributed by atoms with Crippen molar-refractivity contribution in [3.63, 3.8) is 0 Å². The summed E-state index contributed by atoms with van der Waals surface area (Å²) in [6.45, 7) is 8.47. The summed E-state index contributed by atoms with van der Waals surface area (Å²) in [6.07, 6.45) is 5.66. The Balaban J connectivity index is 1.54. The number of anilines is 1. The molecule has 1 aliphatic carbocycles. The molecule has 2 heterocycles. The highest BCUT2D eigenvalue weighted by atomic mass is 32.1. The molecule has 1 aliphatic heterocycles. The lowest BCUT2D eigenvalue weighted by Crippen LogP contribution is -2.51. The molecule has 2 aliphatic rings. The largest absolute Gasteiger partial charge is 0.383 e. The third kappa shape index (κ3) is 7.36. The van der Waals surface area contributed by atoms with E-state index < -0.39 is 0 Å². The molecule has 3 rings (SSSR count). The summed E-state index contributed by atoms with van der Waals surface area (Å²) in [4.78, 5) is 42.9. The molecule has 1 aromatic rings. The van der Waals surface area contributed by atoms with Crippen molar-refractivity contribution >= 4 is 34.1 Å². The van der Waals surface area contributed by atoms with E-state index in [1.807, 2.05) is 0 Å². The van der Waals surface area contributed by atoms with E-state index in [2.05, 4.69) is 32.3 Å². The Kier molecular flexibility index (Phi) is 9.86. The van der Waals surface area contributed by atoms with Crippen LogP contribution in [0.5, 0.6) is 0 Å². The van der Waals surface area contributed by atoms with Crippen molar-refractivity contribution in [1.82, 2.24) is 20.4 Å². The number of hydrogen-bond donors (Lipinski definition) is 3. The molecule has 1 fully saturated rings. The fraction of sp³-hybridized carbons (Fsp3) is 0.609. The number of methoxy groups -OCH3 is 1. The Bertz CT molecular complexity index is 848. The van der Waals surface area contributed by atoms with E-state index in [0.717, 1.165) is 44.3 Å². The highest BCUT2D eigenvalue weighted by Gasteiger charge is 2.27. The molecule has 0 bridgehead atoms. The number of amides is 3. The minimum absolute atomic E-state index is 0.0148. The van der Waals surface area contributed by atoms with Crippen molar-refractivity contribution in [1.29, 1.82) is 0 Å². The number of thiophene rings is 1. The second-order valence-corrected chi connectivity index (χ2v) is 9.46. The number of nitrogens with zero attached hydrogens (tertiary/aromatic N) is 2. The van der Waals surface area contributed by atoms with Crippen LogP contribution < -0.4 is 16.0 Å². The number of aryl methyl sites for hydroxylation is 1. The lowest BCUT2D eigenvalue weighted by Gasteiger charge is -2.33. The average Bonchev–Trinajstić information content (AvgIpc) is 3.16. The standard InChI is InChI=1S/C23H35N5O4S/c1-3-8-24-19(29)15-27-10-12-28(13-11-27)16-20(30)26-23-21(22(31)25-9-14-32-2)17-6-4-5-7-18(17)33-23/h3H,1,4-16H2,2H3,(H,24,29)(H,25,31)(H,26,30). The number of piperazine rings is 1. The first-order valence-corrected chi connectivity index (χ1v) is 12.4. The summed E-state index contributed by atoms with van der Waals surface area (Å²) < 4.78 is 5.03. The number of fused-ring (bicyclic) bond motifs is 1. The molecule has 0 unspecified atom stereocenters. The lowest BCUT2D eigenvalue weighted by molar-refractivity contribution is -0.123. The van der Waals surface area contributed by atoms with Gasteiger partial charge in [0.25, 0.3) is 5.91 Å². The maximum absolute atomic E-state index is 12.9. The van der Waals surface area contributed by atoms with E-state index in [1.165, 1.54) is 16.2 Å². The van der Waals surface area contributed by atoms with Gasteiger partial charge >= 0.3 is 0 Å². The summed E-state index contributed by atoms with van der Waals surface area (Å²) >= 11 is 1.53. The third-order valence-electron chi connectivity index (χ3n) is 5.89. The first-order valence-electron chi connectivity index (χ1n) is 11.6. The Hall–Kier alpha value is -2.27. The Morgan fingerprint density at radius 3 is 2.36 bits per heavy atom. The van der Waals surface area contributed by atoms with Gasteiger partial charge in [-0.3, -0.25) is 24.2 Å². The smallest absolute Gasteiger partial charge is 0.254 e. The summed E-state index contributed by atoms with van der Waals surface area (Å²) in [6, 6.07) is 0. The van der Waals surface area contributed by atoms with E-state index >= 15 is 0 Å². The van der Waals surface area contributed by atoms with Crippen LogP contribution in [0.25, 0.3) is 0 Å². The molecule has 0 atom stereocenters. The van der Waals surface area contributed by atoms with Crippen LogP contribution in [-0.2, 0) is 27.2 Å². The molecule has 182 valence electrons. The molecule has 3 amide bonds. The second-order valence-electron chi connectivity index (χ2n) is 8.36. The van der Waals surface area contributed by atoms with Crippen LogP contribution in [-0.4, -0.2) is 93.6 Å². The van der Waals surface area contributed by atoms with E-state index in [-0.39, 0.29) is 24.3 Å². The number of carbonyl (C=O) groups is 3. The van der Waals surface area contributed by atoms with Crippen LogP contribution in [0.15, 0.2) is 12.7 Å². The summed E-state index contributed by atoms with van der Waals surface area (Å²) in [7, 11) is 1.60. The fourth-order valence-corrected chi connectivity index (χ4v) is 5.47. The minimum atomic E-state index is -0.148. The highest BCUT2D eigenvalue weighted by molar-refractivity contribution is 7.17. The van der Waals surface area contributed by atoms with Gasteiger partial charge in [0.2, 0.25) is 11.8 Å². The molecule has 1 aromatic heterocycles. The predicted molar refractivity (Wildman–Crippen MR) is 130 cm³/mol. The molecular weight excluding hydrogens is 442 g/mol. The van der Waals surface area contributed by atoms with Gasteiger partial charge in [0.05, 0.1) is 25.3 Å². The van der Waals surface area contributed by atoms with Crippen molar-refractivity contribution in [2.24, 2.45) is 0 Å². The van der Waals surface area contributed by atoms with Gasteiger partial charge in [-0.1, -0.05) is 6.08 Å². The molecule has 0 radical (unpaired) electrons. The summed E-state index contributed by atoms with van der Waals surface area (Å²) in [5, 5.41) is 9.35. The maximum Gasteiger partial charge on any atom is 0.254 e. The van der Waals surface area contributed by atoms with E-state index in [9.17, 15) is 14.4 Å². The quantitative estimate of drug-likeness (QED) is 0.323. The molecule has 3 N–H and O–H groups in total. The van der Waals surface area contributed by atoms with Crippen LogP contribution in [0.3, 0.4) is 0 Å². The SMILES string of the molecule is C=CCNC(=O)CN1CCN(CC(=O)Nc2sc3c(c2C(=O)NCCOC)CCCC3)CC1. The van der Waals surface area contributed by atoms with Gasteiger partial charge < -0.3 is 20.7 Å². The van der Waals surface area contributed by atoms with Crippen molar-refractivity contribution in [3.05, 3.63) is 28.7 Å². The van der Waals surface area contributed by atoms with Crippen LogP contribution in [0, 0.1) is 0 Å². The Morgan fingerprint density at radius 1 is 1.03 bits per heavy atom. The molecule has 0 spiro atoms. The van der Waals surface area contributed by atoms with Gasteiger partial charge in [-0.15, -0.1) is 17.9 Å². The van der Waals surface area contributed by atoms with E-state index in [4.69, 9.17) is 4.74 Å². The van der Waals surface area contributed by atoms with Crippen LogP contribution >= 0.6 is 11.3 Å². The molecule has 9 nitrogen and oxygen atoms in total. The number of carbonyl (C=O) groups excluding carboxylic acids is 3. The molecular formula is C23H35N5O4S. The number of rotatable bonds is 11. The van der Waals surface area contributed by atoms with Gasteiger partial charge in [0.15, 0.2) is 0 Å². The number of nitrogens with one attached hydrogen (secondary N) is 3. The van der Waals surface area contributed by atoms with Gasteiger partial charge in [-0.25, -0.2) is 0 Å². The molecule has 0 aromatic carbocycles. The molecule has 0 saturated carbocycles. The fourth-order valence-electron chi connectivity index (χ4n) is 4.17. The first-order chi connectivity index (χ1) is 16.0. The average molecular weight is 478 g/mol. The molecule has 1 saturated heterocycles. The van der Waals surface area contributed by atoms with Gasteiger partial charge in [0, 0.05) is 51.3 Å². The molecule has 33 heavy (non-hydrogen) atoms. The van der Waals surface area contributed by atoms with Crippen LogP contribution in [0.2, 0.25) is 0 Å². The van der Waals surface area contributed by atoms with Crippen molar-refractivity contribution in [2.75, 3.05) is 71.4 Å². The van der Waals surface area contributed by atoms with Crippen molar-refractivity contribution in [2.45, 2.75) is 25.7 Å². The predicted octanol–water partition coefficient (Wildman–Crippen LogP) is 0.861. The van der Waals surface area contributed by atoms with E-state index in [0.29, 0.717) is 49.9 Å². The monoisotopic (exact) mass is 477 g/mol. The Morgan fingerprint density at radius 2 is 1.70 bits per heavy atom. The minimum Gasteiger partial charge on any atom is -0.383 e. The normalized spacial score (nSPS) is 16.6. The lowest BCUT2D eigenvalue weighted by atomic mass is 9.95. The number of ether oxygens (including phenoxy) is 1. The van der Waals surface area contributed by atoms with E-state index in [1.54, 1.807) is 13.2 Å². The summed E-state index contributed by atoms with van der Waals surface area (Å²) in [5.41, 5.74) is 1.70. The third-order valence-corrected chi connectivity index (χ3v) is 7.09. The van der Waals surface area contributed by atoms with Gasteiger partial charge in [-0.2, -0.15) is 0 Å². The Labute approximate surface area is 199 Å². The first kappa shape index (κ1) is 25.4. The zero-order chi connectivity index (χ0) is 23.6. The van der Waals surface area contributed by atoms with Crippen LogP contribution in [0.4, 0.5) is 5.00 Å². The van der Waals surface area contributed by atoms with Crippen molar-refractivity contribution < 1.29 is 19.1 Å². The zero-order valence-electron chi connectivity index (χ0n) is 19.4. The number of hydrogen-bond acceptors (Lipinski definition) is 7. The van der Waals surface area contributed by atoms with Gasteiger partial charge in [0.1, 0.15) is 5.00 Å². The van der Waals surface area contributed by atoms with Gasteiger partial charge in [-0.05, 0) is 31.2 Å². The van der Waals surface area contributed by atoms with Crippen molar-refractivity contribution in [3.8, 4) is 0 Å². The maximum atomic E-state index is 12.9. The topological polar surface area (TPSA) is 103 Å². The molecule has 10 heteroatoms. The highest BCUT2D eigenvalue weighted by Crippen LogP contribution is 2.38. The second kappa shape index (κ2) is 12.8.